The highest BCUT2D eigenvalue weighted by atomic mass is 32.2. The van der Waals surface area contributed by atoms with Gasteiger partial charge in [0.15, 0.2) is 0 Å². The second kappa shape index (κ2) is 4.98. The summed E-state index contributed by atoms with van der Waals surface area (Å²) in [4.78, 5) is 4.62. The molecule has 0 spiro atoms. The fourth-order valence-electron chi connectivity index (χ4n) is 2.59. The minimum absolute atomic E-state index is 0.149. The van der Waals surface area contributed by atoms with Gasteiger partial charge in [-0.1, -0.05) is 30.3 Å². The van der Waals surface area contributed by atoms with Crippen molar-refractivity contribution in [3.63, 3.8) is 0 Å². The van der Waals surface area contributed by atoms with Gasteiger partial charge in [0.05, 0.1) is 26.9 Å². The molecule has 4 rings (SSSR count). The fraction of sp³-hybridized carbons (Fsp3) is 0.0625. The lowest BCUT2D eigenvalue weighted by atomic mass is 9.98. The Labute approximate surface area is 136 Å². The van der Waals surface area contributed by atoms with Gasteiger partial charge in [0.1, 0.15) is 10.9 Å². The molecule has 1 aromatic heterocycles. The van der Waals surface area contributed by atoms with Gasteiger partial charge in [0.2, 0.25) is 0 Å². The summed E-state index contributed by atoms with van der Waals surface area (Å²) >= 11 is 1.38. The fourth-order valence-corrected chi connectivity index (χ4v) is 4.86. The average Bonchev–Trinajstić information content (AvgIpc) is 3.08. The van der Waals surface area contributed by atoms with Gasteiger partial charge in [-0.3, -0.25) is 0 Å². The summed E-state index contributed by atoms with van der Waals surface area (Å²) in [6.07, 6.45) is 0. The van der Waals surface area contributed by atoms with Gasteiger partial charge in [0, 0.05) is 5.56 Å². The Hall–Kier alpha value is -2.56. The van der Waals surface area contributed by atoms with Crippen molar-refractivity contribution in [1.29, 1.82) is 5.26 Å². The van der Waals surface area contributed by atoms with E-state index in [0.29, 0.717) is 10.6 Å². The molecule has 0 aliphatic carbocycles. The van der Waals surface area contributed by atoms with Gasteiger partial charge in [-0.2, -0.15) is 18.1 Å². The maximum atomic E-state index is 12.2. The smallest absolute Gasteiger partial charge is 0.239 e. The van der Waals surface area contributed by atoms with E-state index in [4.69, 9.17) is 0 Å². The standard InChI is InChI=1S/C16H9N3O2S2/c17-9-11(16-18-12-6-2-3-7-13(12)22-16)15-10-5-1-4-8-14(10)23(20,21)19-15/h1-8,11H/t11-/m0/s1. The molecule has 5 nitrogen and oxygen atoms in total. The first-order chi connectivity index (χ1) is 11.1. The van der Waals surface area contributed by atoms with E-state index in [1.807, 2.05) is 24.3 Å². The molecule has 0 N–H and O–H groups in total. The number of hydrogen-bond donors (Lipinski definition) is 0. The van der Waals surface area contributed by atoms with Crippen molar-refractivity contribution in [3.05, 3.63) is 59.1 Å². The second-order valence-electron chi connectivity index (χ2n) is 5.03. The summed E-state index contributed by atoms with van der Waals surface area (Å²) in [6.45, 7) is 0. The summed E-state index contributed by atoms with van der Waals surface area (Å²) in [6, 6.07) is 16.3. The van der Waals surface area contributed by atoms with Crippen molar-refractivity contribution in [3.8, 4) is 6.07 Å². The summed E-state index contributed by atoms with van der Waals surface area (Å²) in [5.74, 6) is -0.800. The number of benzene rings is 2. The predicted octanol–water partition coefficient (Wildman–Crippen LogP) is 3.10. The van der Waals surface area contributed by atoms with Crippen LogP contribution in [0.25, 0.3) is 10.2 Å². The molecular weight excluding hydrogens is 330 g/mol. The molecule has 112 valence electrons. The minimum Gasteiger partial charge on any atom is -0.239 e. The van der Waals surface area contributed by atoms with E-state index in [2.05, 4.69) is 15.5 Å². The Morgan fingerprint density at radius 2 is 1.83 bits per heavy atom. The van der Waals surface area contributed by atoms with Gasteiger partial charge in [-0.25, -0.2) is 4.98 Å². The molecule has 1 atom stereocenters. The Morgan fingerprint density at radius 1 is 1.09 bits per heavy atom. The number of fused-ring (bicyclic) bond motifs is 2. The average molecular weight is 339 g/mol. The summed E-state index contributed by atoms with van der Waals surface area (Å²) < 4.78 is 29.1. The number of nitrogens with zero attached hydrogens (tertiary/aromatic N) is 3. The lowest BCUT2D eigenvalue weighted by Crippen LogP contribution is -2.10. The zero-order valence-corrected chi connectivity index (χ0v) is 13.3. The summed E-state index contributed by atoms with van der Waals surface area (Å²) in [5.41, 5.74) is 1.53. The molecule has 1 aliphatic heterocycles. The van der Waals surface area contributed by atoms with Crippen LogP contribution in [0.1, 0.15) is 16.5 Å². The van der Waals surface area contributed by atoms with Crippen molar-refractivity contribution in [2.45, 2.75) is 10.8 Å². The predicted molar refractivity (Wildman–Crippen MR) is 88.1 cm³/mol. The molecule has 0 bridgehead atoms. The van der Waals surface area contributed by atoms with Crippen LogP contribution in [0.5, 0.6) is 0 Å². The van der Waals surface area contributed by atoms with Crippen molar-refractivity contribution in [2.75, 3.05) is 0 Å². The number of hydrogen-bond acceptors (Lipinski definition) is 5. The van der Waals surface area contributed by atoms with Crippen LogP contribution in [0, 0.1) is 11.3 Å². The van der Waals surface area contributed by atoms with E-state index < -0.39 is 15.9 Å². The third-order valence-electron chi connectivity index (χ3n) is 3.62. The molecule has 0 fully saturated rings. The SMILES string of the molecule is N#C[C@@H](C1=NS(=O)(=O)c2ccccc21)c1nc2ccccc2s1. The number of nitriles is 1. The van der Waals surface area contributed by atoms with Crippen molar-refractivity contribution in [2.24, 2.45) is 4.40 Å². The number of aromatic nitrogens is 1. The van der Waals surface area contributed by atoms with Crippen LogP contribution < -0.4 is 0 Å². The van der Waals surface area contributed by atoms with Crippen molar-refractivity contribution in [1.82, 2.24) is 4.98 Å². The third-order valence-corrected chi connectivity index (χ3v) is 6.07. The van der Waals surface area contributed by atoms with Crippen LogP contribution in [0.2, 0.25) is 0 Å². The number of sulfonamides is 1. The normalized spacial score (nSPS) is 16.6. The van der Waals surface area contributed by atoms with Crippen LogP contribution in [0.15, 0.2) is 57.8 Å². The molecule has 0 radical (unpaired) electrons. The van der Waals surface area contributed by atoms with Gasteiger partial charge < -0.3 is 0 Å². The molecule has 7 heteroatoms. The molecule has 0 saturated heterocycles. The van der Waals surface area contributed by atoms with E-state index in [1.165, 1.54) is 17.4 Å². The Morgan fingerprint density at radius 3 is 2.61 bits per heavy atom. The van der Waals surface area contributed by atoms with Gasteiger partial charge in [-0.15, -0.1) is 11.3 Å². The zero-order valence-electron chi connectivity index (χ0n) is 11.7. The lowest BCUT2D eigenvalue weighted by molar-refractivity contribution is 0.599. The first kappa shape index (κ1) is 14.1. The highest BCUT2D eigenvalue weighted by Gasteiger charge is 2.35. The molecule has 2 heterocycles. The summed E-state index contributed by atoms with van der Waals surface area (Å²) in [5, 5.41) is 10.2. The number of rotatable bonds is 2. The monoisotopic (exact) mass is 339 g/mol. The molecule has 0 unspecified atom stereocenters. The molecule has 3 aromatic rings. The third kappa shape index (κ3) is 2.15. The van der Waals surface area contributed by atoms with Crippen molar-refractivity contribution >= 4 is 37.3 Å². The molecule has 2 aromatic carbocycles. The van der Waals surface area contributed by atoms with E-state index >= 15 is 0 Å². The molecule has 1 aliphatic rings. The van der Waals surface area contributed by atoms with E-state index in [0.717, 1.165) is 10.2 Å². The van der Waals surface area contributed by atoms with Crippen LogP contribution in [0.3, 0.4) is 0 Å². The highest BCUT2D eigenvalue weighted by Crippen LogP contribution is 2.35. The van der Waals surface area contributed by atoms with Gasteiger partial charge in [0.25, 0.3) is 10.0 Å². The lowest BCUT2D eigenvalue weighted by Gasteiger charge is -2.05. The quantitative estimate of drug-likeness (QED) is 0.718. The highest BCUT2D eigenvalue weighted by molar-refractivity contribution is 7.90. The zero-order chi connectivity index (χ0) is 16.0. The van der Waals surface area contributed by atoms with Gasteiger partial charge >= 0.3 is 0 Å². The topological polar surface area (TPSA) is 83.2 Å². The van der Waals surface area contributed by atoms with Crippen LogP contribution in [-0.4, -0.2) is 19.1 Å². The maximum absolute atomic E-state index is 12.2. The first-order valence-electron chi connectivity index (χ1n) is 6.79. The largest absolute Gasteiger partial charge is 0.283 e. The van der Waals surface area contributed by atoms with Crippen LogP contribution >= 0.6 is 11.3 Å². The van der Waals surface area contributed by atoms with Crippen molar-refractivity contribution < 1.29 is 8.42 Å². The van der Waals surface area contributed by atoms with E-state index in [-0.39, 0.29) is 10.6 Å². The van der Waals surface area contributed by atoms with Gasteiger partial charge in [-0.05, 0) is 18.2 Å². The molecule has 0 saturated carbocycles. The number of para-hydroxylation sites is 1. The van der Waals surface area contributed by atoms with E-state index in [1.54, 1.807) is 18.2 Å². The van der Waals surface area contributed by atoms with Crippen LogP contribution in [0.4, 0.5) is 0 Å². The second-order valence-corrected chi connectivity index (χ2v) is 7.66. The Balaban J connectivity index is 1.90. The van der Waals surface area contributed by atoms with Crippen LogP contribution in [-0.2, 0) is 10.0 Å². The Bertz CT molecular complexity index is 1070. The first-order valence-corrected chi connectivity index (χ1v) is 9.05. The van der Waals surface area contributed by atoms with E-state index in [9.17, 15) is 13.7 Å². The number of thiazole rings is 1. The molecular formula is C16H9N3O2S2. The molecule has 0 amide bonds. The Kier molecular flexibility index (Phi) is 3.04. The minimum atomic E-state index is -3.73. The molecule has 23 heavy (non-hydrogen) atoms. The maximum Gasteiger partial charge on any atom is 0.283 e. The summed E-state index contributed by atoms with van der Waals surface area (Å²) in [7, 11) is -3.73.